The van der Waals surface area contributed by atoms with Crippen molar-refractivity contribution in [3.05, 3.63) is 58.8 Å². The minimum absolute atomic E-state index is 0.0322. The van der Waals surface area contributed by atoms with E-state index in [2.05, 4.69) is 0 Å². The summed E-state index contributed by atoms with van der Waals surface area (Å²) in [4.78, 5) is 11.9. The van der Waals surface area contributed by atoms with Gasteiger partial charge in [0.1, 0.15) is 0 Å². The molecular weight excluding hydrogens is 299 g/mol. The van der Waals surface area contributed by atoms with Gasteiger partial charge < -0.3 is 0 Å². The third kappa shape index (κ3) is 3.56. The molecule has 17 heavy (non-hydrogen) atoms. The molecule has 1 N–H and O–H groups in total. The molecule has 1 heterocycles. The van der Waals surface area contributed by atoms with Crippen molar-refractivity contribution in [1.29, 1.82) is 0 Å². The normalized spacial score (nSPS) is 11.4. The van der Waals surface area contributed by atoms with E-state index in [4.69, 9.17) is 5.11 Å². The molecular formula is C13H10O2SSe. The van der Waals surface area contributed by atoms with Gasteiger partial charge >= 0.3 is 110 Å². The van der Waals surface area contributed by atoms with Crippen LogP contribution in [0.5, 0.6) is 0 Å². The van der Waals surface area contributed by atoms with Crippen LogP contribution in [-0.2, 0) is 4.79 Å². The van der Waals surface area contributed by atoms with E-state index in [1.165, 1.54) is 10.5 Å². The maximum atomic E-state index is 10.8. The molecule has 2 aromatic rings. The van der Waals surface area contributed by atoms with E-state index in [0.29, 0.717) is 0 Å². The van der Waals surface area contributed by atoms with E-state index in [1.54, 1.807) is 11.3 Å². The monoisotopic (exact) mass is 310 g/mol. The van der Waals surface area contributed by atoms with Crippen molar-refractivity contribution in [2.45, 2.75) is 0 Å². The van der Waals surface area contributed by atoms with Crippen LogP contribution in [0, 0.1) is 0 Å². The third-order valence-corrected chi connectivity index (χ3v) is 5.42. The summed E-state index contributed by atoms with van der Waals surface area (Å²) in [6.45, 7) is 0. The summed E-state index contributed by atoms with van der Waals surface area (Å²) in [5, 5.41) is 10.9. The fourth-order valence-corrected chi connectivity index (χ4v) is 4.29. The second-order valence-corrected chi connectivity index (χ2v) is 6.53. The standard InChI is InChI=1S/C13H10O2SSe/c14-13(15)9-12(11-7-4-8-16-11)17-10-5-2-1-3-6-10/h1-9H,(H,14,15). The van der Waals surface area contributed by atoms with Crippen LogP contribution < -0.4 is 4.46 Å². The molecule has 0 aliphatic rings. The molecule has 2 nitrogen and oxygen atoms in total. The number of benzene rings is 1. The molecule has 0 spiro atoms. The van der Waals surface area contributed by atoms with Crippen LogP contribution >= 0.6 is 11.3 Å². The Balaban J connectivity index is 2.27. The van der Waals surface area contributed by atoms with Gasteiger partial charge in [0.15, 0.2) is 0 Å². The first-order chi connectivity index (χ1) is 8.25. The Morgan fingerprint density at radius 1 is 1.18 bits per heavy atom. The molecule has 2 rings (SSSR count). The molecule has 86 valence electrons. The van der Waals surface area contributed by atoms with Gasteiger partial charge in [0.2, 0.25) is 0 Å². The SMILES string of the molecule is O=C(O)C=C([Se]c1ccccc1)c1cccs1. The Labute approximate surface area is 110 Å². The fourth-order valence-electron chi connectivity index (χ4n) is 1.30. The minimum atomic E-state index is -0.883. The molecule has 0 bridgehead atoms. The summed E-state index contributed by atoms with van der Waals surface area (Å²) in [7, 11) is 0. The van der Waals surface area contributed by atoms with Gasteiger partial charge in [0.25, 0.3) is 0 Å². The van der Waals surface area contributed by atoms with Gasteiger partial charge in [-0.1, -0.05) is 0 Å². The third-order valence-electron chi connectivity index (χ3n) is 1.99. The van der Waals surface area contributed by atoms with Gasteiger partial charge in [-0.15, -0.1) is 0 Å². The molecule has 1 aromatic heterocycles. The van der Waals surface area contributed by atoms with Crippen molar-refractivity contribution in [3.8, 4) is 0 Å². The zero-order valence-corrected chi connectivity index (χ0v) is 11.4. The zero-order valence-electron chi connectivity index (χ0n) is 8.87. The molecule has 4 heteroatoms. The number of aliphatic carboxylic acids is 1. The molecule has 0 saturated carbocycles. The Morgan fingerprint density at radius 3 is 2.53 bits per heavy atom. The van der Waals surface area contributed by atoms with Crippen molar-refractivity contribution in [2.75, 3.05) is 0 Å². The Hall–Kier alpha value is -1.35. The van der Waals surface area contributed by atoms with Gasteiger partial charge in [-0.25, -0.2) is 0 Å². The molecule has 0 saturated heterocycles. The van der Waals surface area contributed by atoms with Crippen LogP contribution in [0.1, 0.15) is 4.88 Å². The van der Waals surface area contributed by atoms with Crippen LogP contribution in [-0.4, -0.2) is 26.0 Å². The number of rotatable bonds is 4. The van der Waals surface area contributed by atoms with Crippen molar-refractivity contribution in [2.24, 2.45) is 0 Å². The van der Waals surface area contributed by atoms with E-state index >= 15 is 0 Å². The molecule has 0 radical (unpaired) electrons. The first-order valence-electron chi connectivity index (χ1n) is 4.97. The zero-order chi connectivity index (χ0) is 12.1. The predicted molar refractivity (Wildman–Crippen MR) is 71.8 cm³/mol. The van der Waals surface area contributed by atoms with E-state index in [-0.39, 0.29) is 15.0 Å². The van der Waals surface area contributed by atoms with E-state index in [9.17, 15) is 4.79 Å². The molecule has 0 aliphatic heterocycles. The van der Waals surface area contributed by atoms with Crippen molar-refractivity contribution >= 4 is 41.2 Å². The topological polar surface area (TPSA) is 37.3 Å². The van der Waals surface area contributed by atoms with E-state index in [1.807, 2.05) is 47.8 Å². The van der Waals surface area contributed by atoms with Crippen molar-refractivity contribution in [1.82, 2.24) is 0 Å². The molecule has 0 amide bonds. The first-order valence-corrected chi connectivity index (χ1v) is 7.56. The molecule has 0 aliphatic carbocycles. The number of carbonyl (C=O) groups is 1. The molecule has 1 aromatic carbocycles. The van der Waals surface area contributed by atoms with E-state index < -0.39 is 5.97 Å². The predicted octanol–water partition coefficient (Wildman–Crippen LogP) is 2.20. The second kappa shape index (κ2) is 5.82. The Bertz CT molecular complexity index is 518. The Kier molecular flexibility index (Phi) is 4.15. The Morgan fingerprint density at radius 2 is 1.94 bits per heavy atom. The van der Waals surface area contributed by atoms with Crippen LogP contribution in [0.3, 0.4) is 0 Å². The summed E-state index contributed by atoms with van der Waals surface area (Å²) >= 11 is 1.61. The first kappa shape index (κ1) is 12.1. The average Bonchev–Trinajstić information content (AvgIpc) is 2.82. The molecule has 0 atom stereocenters. The molecule has 0 unspecified atom stereocenters. The molecule has 0 fully saturated rings. The van der Waals surface area contributed by atoms with Gasteiger partial charge in [0, 0.05) is 0 Å². The summed E-state index contributed by atoms with van der Waals surface area (Å²) in [6, 6.07) is 13.9. The summed E-state index contributed by atoms with van der Waals surface area (Å²) < 4.78 is 2.09. The fraction of sp³-hybridized carbons (Fsp3) is 0. The van der Waals surface area contributed by atoms with Crippen molar-refractivity contribution < 1.29 is 9.90 Å². The van der Waals surface area contributed by atoms with Gasteiger partial charge in [-0.3, -0.25) is 0 Å². The summed E-state index contributed by atoms with van der Waals surface area (Å²) in [5.41, 5.74) is 0. The number of thiophene rings is 1. The van der Waals surface area contributed by atoms with E-state index in [0.717, 1.165) is 9.35 Å². The van der Waals surface area contributed by atoms with Crippen molar-refractivity contribution in [3.63, 3.8) is 0 Å². The number of carboxylic acids is 1. The number of carboxylic acid groups (broad SMARTS) is 1. The summed E-state index contributed by atoms with van der Waals surface area (Å²) in [6.07, 6.45) is 1.32. The van der Waals surface area contributed by atoms with Gasteiger partial charge in [-0.2, -0.15) is 0 Å². The van der Waals surface area contributed by atoms with Crippen LogP contribution in [0.2, 0.25) is 0 Å². The van der Waals surface area contributed by atoms with Gasteiger partial charge in [-0.05, 0) is 0 Å². The average molecular weight is 309 g/mol. The quantitative estimate of drug-likeness (QED) is 0.694. The van der Waals surface area contributed by atoms with Crippen LogP contribution in [0.25, 0.3) is 4.47 Å². The number of hydrogen-bond acceptors (Lipinski definition) is 2. The summed E-state index contributed by atoms with van der Waals surface area (Å²) in [5.74, 6) is -0.883. The maximum absolute atomic E-state index is 10.8. The number of hydrogen-bond donors (Lipinski definition) is 1. The second-order valence-electron chi connectivity index (χ2n) is 3.24. The van der Waals surface area contributed by atoms with Crippen LogP contribution in [0.15, 0.2) is 53.9 Å². The van der Waals surface area contributed by atoms with Gasteiger partial charge in [0.05, 0.1) is 0 Å². The van der Waals surface area contributed by atoms with Crippen LogP contribution in [0.4, 0.5) is 0 Å².